The molecule has 1 aromatic carbocycles. The van der Waals surface area contributed by atoms with Gasteiger partial charge in [-0.2, -0.15) is 0 Å². The number of nitrogens with zero attached hydrogens (tertiary/aromatic N) is 4. The minimum atomic E-state index is 0.524. The van der Waals surface area contributed by atoms with E-state index in [9.17, 15) is 0 Å². The molecule has 2 aliphatic heterocycles. The molecule has 31 heavy (non-hydrogen) atoms. The predicted molar refractivity (Wildman–Crippen MR) is 129 cm³/mol. The summed E-state index contributed by atoms with van der Waals surface area (Å²) in [6, 6.07) is 15.0. The highest BCUT2D eigenvalue weighted by Crippen LogP contribution is 2.37. The Morgan fingerprint density at radius 3 is 2.58 bits per heavy atom. The molecule has 2 aromatic rings. The van der Waals surface area contributed by atoms with Crippen LogP contribution in [-0.2, 0) is 0 Å². The van der Waals surface area contributed by atoms with Gasteiger partial charge < -0.3 is 9.80 Å². The number of likely N-dealkylation sites (N-methyl/N-ethyl adjacent to an activating group) is 1. The Labute approximate surface area is 186 Å². The van der Waals surface area contributed by atoms with Crippen molar-refractivity contribution in [2.45, 2.75) is 32.1 Å². The Balaban J connectivity index is 1.33. The number of pyridine rings is 1. The van der Waals surface area contributed by atoms with Crippen LogP contribution in [0, 0.1) is 11.8 Å². The predicted octanol–water partition coefficient (Wildman–Crippen LogP) is 5.39. The maximum absolute atomic E-state index is 5.14. The minimum absolute atomic E-state index is 0.524. The van der Waals surface area contributed by atoms with Crippen LogP contribution in [0.1, 0.15) is 43.4 Å². The highest BCUT2D eigenvalue weighted by atomic mass is 15.2. The Bertz CT molecular complexity index is 995. The number of aromatic nitrogens is 1. The Kier molecular flexibility index (Phi) is 5.63. The largest absolute Gasteiger partial charge is 0.370 e. The molecule has 0 spiro atoms. The molecule has 1 aromatic heterocycles. The van der Waals surface area contributed by atoms with Crippen molar-refractivity contribution >= 4 is 17.1 Å². The number of piperidine rings is 1. The topological polar surface area (TPSA) is 31.7 Å². The van der Waals surface area contributed by atoms with Crippen molar-refractivity contribution in [1.29, 1.82) is 0 Å². The van der Waals surface area contributed by atoms with Gasteiger partial charge in [0.15, 0.2) is 0 Å². The highest BCUT2D eigenvalue weighted by Gasteiger charge is 2.29. The minimum Gasteiger partial charge on any atom is -0.370 e. The van der Waals surface area contributed by atoms with E-state index in [4.69, 9.17) is 9.98 Å². The molecule has 1 aliphatic carbocycles. The molecule has 1 saturated carbocycles. The Morgan fingerprint density at radius 2 is 1.84 bits per heavy atom. The lowest BCUT2D eigenvalue weighted by Crippen LogP contribution is -2.37. The van der Waals surface area contributed by atoms with E-state index in [1.165, 1.54) is 36.2 Å². The van der Waals surface area contributed by atoms with E-state index in [-0.39, 0.29) is 0 Å². The molecule has 0 N–H and O–H groups in total. The van der Waals surface area contributed by atoms with Crippen LogP contribution in [0.25, 0.3) is 5.70 Å². The summed E-state index contributed by atoms with van der Waals surface area (Å²) in [5, 5.41) is 0. The highest BCUT2D eigenvalue weighted by molar-refractivity contribution is 6.02. The summed E-state index contributed by atoms with van der Waals surface area (Å²) < 4.78 is 0. The van der Waals surface area contributed by atoms with E-state index in [0.717, 1.165) is 55.5 Å². The number of hydrogen-bond donors (Lipinski definition) is 0. The summed E-state index contributed by atoms with van der Waals surface area (Å²) >= 11 is 0. The van der Waals surface area contributed by atoms with Crippen LogP contribution in [0.5, 0.6) is 0 Å². The summed E-state index contributed by atoms with van der Waals surface area (Å²) in [6.07, 6.45) is 10.4. The van der Waals surface area contributed by atoms with Crippen LogP contribution in [0.3, 0.4) is 0 Å². The van der Waals surface area contributed by atoms with Gasteiger partial charge in [0.25, 0.3) is 0 Å². The number of benzene rings is 1. The first kappa shape index (κ1) is 20.0. The maximum atomic E-state index is 5.14. The van der Waals surface area contributed by atoms with Crippen molar-refractivity contribution in [3.8, 4) is 0 Å². The fourth-order valence-corrected chi connectivity index (χ4v) is 4.82. The number of hydrogen-bond acceptors (Lipinski definition) is 4. The molecule has 4 heteroatoms. The zero-order valence-corrected chi connectivity index (χ0v) is 18.5. The molecular formula is C27H32N4. The quantitative estimate of drug-likeness (QED) is 0.597. The second-order valence-corrected chi connectivity index (χ2v) is 9.08. The van der Waals surface area contributed by atoms with Gasteiger partial charge in [0.2, 0.25) is 0 Å². The maximum Gasteiger partial charge on any atom is 0.110 e. The van der Waals surface area contributed by atoms with Gasteiger partial charge in [-0.1, -0.05) is 49.8 Å². The number of aliphatic imine (C=N–C) groups is 1. The third kappa shape index (κ3) is 4.30. The van der Waals surface area contributed by atoms with Crippen LogP contribution < -0.4 is 4.90 Å². The zero-order valence-electron chi connectivity index (χ0n) is 18.5. The normalized spacial score (nSPS) is 20.0. The van der Waals surface area contributed by atoms with Crippen molar-refractivity contribution in [2.24, 2.45) is 16.8 Å². The average molecular weight is 413 g/mol. The molecule has 3 aliphatic rings. The molecule has 3 heterocycles. The monoisotopic (exact) mass is 412 g/mol. The molecule has 0 amide bonds. The van der Waals surface area contributed by atoms with Gasteiger partial charge in [-0.25, -0.2) is 0 Å². The van der Waals surface area contributed by atoms with Crippen molar-refractivity contribution in [3.63, 3.8) is 0 Å². The van der Waals surface area contributed by atoms with Gasteiger partial charge in [0.05, 0.1) is 11.4 Å². The Hall–Kier alpha value is -2.88. The van der Waals surface area contributed by atoms with Crippen molar-refractivity contribution in [3.05, 3.63) is 78.3 Å². The zero-order chi connectivity index (χ0) is 21.2. The number of fused-ring (bicyclic) bond motifs is 1. The molecule has 160 valence electrons. The lowest BCUT2D eigenvalue weighted by atomic mass is 9.87. The molecule has 0 bridgehead atoms. The number of anilines is 1. The van der Waals surface area contributed by atoms with Gasteiger partial charge in [-0.15, -0.1) is 0 Å². The van der Waals surface area contributed by atoms with E-state index in [1.807, 2.05) is 12.3 Å². The summed E-state index contributed by atoms with van der Waals surface area (Å²) in [6.45, 7) is 7.28. The molecule has 5 rings (SSSR count). The van der Waals surface area contributed by atoms with Crippen LogP contribution in [0.2, 0.25) is 0 Å². The van der Waals surface area contributed by atoms with Gasteiger partial charge >= 0.3 is 0 Å². The first-order valence-electron chi connectivity index (χ1n) is 11.6. The second-order valence-electron chi connectivity index (χ2n) is 9.08. The molecule has 0 atom stereocenters. The fourth-order valence-electron chi connectivity index (χ4n) is 4.82. The van der Waals surface area contributed by atoms with Gasteiger partial charge in [0.1, 0.15) is 5.69 Å². The number of rotatable bonds is 6. The molecule has 0 unspecified atom stereocenters. The molecule has 2 fully saturated rings. The average Bonchev–Trinajstić information content (AvgIpc) is 3.65. The van der Waals surface area contributed by atoms with E-state index in [0.29, 0.717) is 5.92 Å². The number of allylic oxidation sites excluding steroid dienone is 1. The van der Waals surface area contributed by atoms with Crippen LogP contribution in [-0.4, -0.2) is 42.3 Å². The smallest absolute Gasteiger partial charge is 0.110 e. The van der Waals surface area contributed by atoms with E-state index in [1.54, 1.807) is 0 Å². The molecule has 0 radical (unpaired) electrons. The molecule has 4 nitrogen and oxygen atoms in total. The van der Waals surface area contributed by atoms with Crippen molar-refractivity contribution in [1.82, 2.24) is 9.88 Å². The van der Waals surface area contributed by atoms with Crippen LogP contribution in [0.4, 0.5) is 5.69 Å². The second kappa shape index (κ2) is 8.70. The lowest BCUT2D eigenvalue weighted by molar-refractivity contribution is 0.294. The molecular weight excluding hydrogens is 380 g/mol. The third-order valence-corrected chi connectivity index (χ3v) is 6.93. The van der Waals surface area contributed by atoms with Gasteiger partial charge in [-0.05, 0) is 49.0 Å². The van der Waals surface area contributed by atoms with Crippen molar-refractivity contribution in [2.75, 3.05) is 31.6 Å². The van der Waals surface area contributed by atoms with Gasteiger partial charge in [-0.3, -0.25) is 9.98 Å². The Morgan fingerprint density at radius 1 is 1.06 bits per heavy atom. The first-order chi connectivity index (χ1) is 15.2. The summed E-state index contributed by atoms with van der Waals surface area (Å²) in [7, 11) is 2.06. The first-order valence-corrected chi connectivity index (χ1v) is 11.6. The van der Waals surface area contributed by atoms with Crippen molar-refractivity contribution < 1.29 is 0 Å². The van der Waals surface area contributed by atoms with Gasteiger partial charge in [0, 0.05) is 50.2 Å². The standard InChI is InChI=1S/C27H32N4/c1-20-19-25(27-24(30(20)2)9-6-15-28-27)31-17-13-23(14-18-31)26(22-7-4-3-5-8-22)29-16-12-21-10-11-21/h3-9,15,19,21,23H,1,10-14,16-18H2,2H3/b29-26+. The van der Waals surface area contributed by atoms with E-state index < -0.39 is 0 Å². The van der Waals surface area contributed by atoms with Crippen LogP contribution >= 0.6 is 0 Å². The van der Waals surface area contributed by atoms with Crippen LogP contribution in [0.15, 0.2) is 72.0 Å². The number of likely N-dealkylation sites (tertiary alicyclic amines) is 1. The molecule has 1 saturated heterocycles. The summed E-state index contributed by atoms with van der Waals surface area (Å²) in [5.41, 5.74) is 7.06. The SMILES string of the molecule is C=C1C=C(N2CCC(/C(=N/CCC3CC3)c3ccccc3)CC2)c2ncccc2N1C. The lowest BCUT2D eigenvalue weighted by Gasteiger charge is -2.38. The van der Waals surface area contributed by atoms with E-state index >= 15 is 0 Å². The summed E-state index contributed by atoms with van der Waals surface area (Å²) in [5.74, 6) is 1.45. The summed E-state index contributed by atoms with van der Waals surface area (Å²) in [4.78, 5) is 14.5. The third-order valence-electron chi connectivity index (χ3n) is 6.93. The fraction of sp³-hybridized carbons (Fsp3) is 0.407. The van der Waals surface area contributed by atoms with E-state index in [2.05, 4.69) is 65.9 Å².